The molecule has 0 aliphatic heterocycles. The fourth-order valence-corrected chi connectivity index (χ4v) is 3.90. The van der Waals surface area contributed by atoms with E-state index < -0.39 is 25.6 Å². The Hall–Kier alpha value is -1.42. The molecule has 2 heterocycles. The second-order valence-electron chi connectivity index (χ2n) is 9.20. The van der Waals surface area contributed by atoms with Gasteiger partial charge in [-0.2, -0.15) is 4.98 Å². The number of amides is 1. The van der Waals surface area contributed by atoms with Crippen molar-refractivity contribution < 1.29 is 18.7 Å². The Morgan fingerprint density at radius 3 is 2.50 bits per heavy atom. The van der Waals surface area contributed by atoms with Crippen LogP contribution >= 0.6 is 23.2 Å². The number of halogens is 3. The number of rotatable bonds is 8. The lowest BCUT2D eigenvalue weighted by molar-refractivity contribution is 0.0527. The molecular formula is C19H29Cl2FN4O3Si. The molecule has 0 bridgehead atoms. The Morgan fingerprint density at radius 1 is 1.23 bits per heavy atom. The predicted molar refractivity (Wildman–Crippen MR) is 120 cm³/mol. The van der Waals surface area contributed by atoms with Gasteiger partial charge in [-0.15, -0.1) is 0 Å². The van der Waals surface area contributed by atoms with Crippen LogP contribution in [-0.2, 0) is 22.6 Å². The van der Waals surface area contributed by atoms with E-state index in [0.29, 0.717) is 12.3 Å². The van der Waals surface area contributed by atoms with Crippen molar-refractivity contribution in [3.8, 4) is 0 Å². The molecule has 1 N–H and O–H groups in total. The molecule has 0 radical (unpaired) electrons. The zero-order valence-corrected chi connectivity index (χ0v) is 20.7. The van der Waals surface area contributed by atoms with Crippen LogP contribution in [0.25, 0.3) is 11.0 Å². The first-order chi connectivity index (χ1) is 13.8. The van der Waals surface area contributed by atoms with Crippen molar-refractivity contribution in [3.63, 3.8) is 0 Å². The zero-order valence-electron chi connectivity index (χ0n) is 18.2. The number of hydrogen-bond acceptors (Lipinski definition) is 5. The van der Waals surface area contributed by atoms with Gasteiger partial charge in [0.25, 0.3) is 0 Å². The summed E-state index contributed by atoms with van der Waals surface area (Å²) in [4.78, 5) is 19.9. The van der Waals surface area contributed by atoms with E-state index in [-0.39, 0.29) is 41.2 Å². The number of ether oxygens (including phenoxy) is 2. The SMILES string of the molecule is CC(C)(C)OC(=O)NCCc1c(F)c2c(Cl)nc(Cl)nc2n1COCC[Si](C)(C)C. The van der Waals surface area contributed by atoms with Crippen LogP contribution in [-0.4, -0.2) is 47.5 Å². The van der Waals surface area contributed by atoms with Crippen LogP contribution in [0.15, 0.2) is 0 Å². The van der Waals surface area contributed by atoms with Gasteiger partial charge in [0.15, 0.2) is 11.5 Å². The van der Waals surface area contributed by atoms with Crippen LogP contribution in [0.1, 0.15) is 26.5 Å². The number of fused-ring (bicyclic) bond motifs is 1. The largest absolute Gasteiger partial charge is 0.444 e. The Bertz CT molecular complexity index is 910. The Morgan fingerprint density at radius 2 is 1.90 bits per heavy atom. The smallest absolute Gasteiger partial charge is 0.407 e. The third-order valence-corrected chi connectivity index (χ3v) is 6.27. The molecule has 1 amide bonds. The van der Waals surface area contributed by atoms with E-state index in [2.05, 4.69) is 34.9 Å². The molecule has 2 rings (SSSR count). The minimum atomic E-state index is -1.27. The molecule has 7 nitrogen and oxygen atoms in total. The van der Waals surface area contributed by atoms with Gasteiger partial charge in [-0.1, -0.05) is 31.2 Å². The Kier molecular flexibility index (Phi) is 8.12. The summed E-state index contributed by atoms with van der Waals surface area (Å²) in [6.45, 7) is 12.9. The maximum atomic E-state index is 15.2. The van der Waals surface area contributed by atoms with Crippen molar-refractivity contribution in [2.24, 2.45) is 0 Å². The average Bonchev–Trinajstić information content (AvgIpc) is 2.81. The molecule has 168 valence electrons. The van der Waals surface area contributed by atoms with Crippen LogP contribution in [0, 0.1) is 5.82 Å². The fraction of sp³-hybridized carbons (Fsp3) is 0.632. The Balaban J connectivity index is 2.22. The molecule has 11 heteroatoms. The molecular weight excluding hydrogens is 450 g/mol. The quantitative estimate of drug-likeness (QED) is 0.242. The molecule has 2 aromatic heterocycles. The summed E-state index contributed by atoms with van der Waals surface area (Å²) in [5.74, 6) is -0.550. The van der Waals surface area contributed by atoms with Crippen LogP contribution in [0.5, 0.6) is 0 Å². The zero-order chi connectivity index (χ0) is 22.7. The number of nitrogens with zero attached hydrogens (tertiary/aromatic N) is 3. The molecule has 0 fully saturated rings. The Labute approximate surface area is 187 Å². The molecule has 0 aliphatic rings. The number of hydrogen-bond donors (Lipinski definition) is 1. The average molecular weight is 479 g/mol. The minimum absolute atomic E-state index is 0.0651. The molecule has 0 saturated carbocycles. The lowest BCUT2D eigenvalue weighted by atomic mass is 10.2. The van der Waals surface area contributed by atoms with Crippen LogP contribution in [0.4, 0.5) is 9.18 Å². The van der Waals surface area contributed by atoms with Crippen molar-refractivity contribution in [1.29, 1.82) is 0 Å². The number of nitrogens with one attached hydrogen (secondary N) is 1. The molecule has 2 aromatic rings. The van der Waals surface area contributed by atoms with Gasteiger partial charge in [-0.25, -0.2) is 14.2 Å². The van der Waals surface area contributed by atoms with Crippen molar-refractivity contribution in [2.45, 2.75) is 65.2 Å². The number of carbonyl (C=O) groups is 1. The highest BCUT2D eigenvalue weighted by atomic mass is 35.5. The molecule has 0 aromatic carbocycles. The summed E-state index contributed by atoms with van der Waals surface area (Å²) < 4.78 is 27.8. The van der Waals surface area contributed by atoms with Crippen molar-refractivity contribution in [1.82, 2.24) is 19.9 Å². The third kappa shape index (κ3) is 7.07. The predicted octanol–water partition coefficient (Wildman–Crippen LogP) is 5.26. The maximum absolute atomic E-state index is 15.2. The second-order valence-corrected chi connectivity index (χ2v) is 15.5. The van der Waals surface area contributed by atoms with E-state index in [1.54, 1.807) is 25.3 Å². The summed E-state index contributed by atoms with van der Waals surface area (Å²) in [5.41, 5.74) is -0.0563. The number of alkyl carbamates (subject to hydrolysis) is 1. The lowest BCUT2D eigenvalue weighted by Gasteiger charge is -2.19. The molecule has 0 spiro atoms. The first-order valence-corrected chi connectivity index (χ1v) is 14.2. The van der Waals surface area contributed by atoms with E-state index in [1.807, 2.05) is 0 Å². The maximum Gasteiger partial charge on any atom is 0.407 e. The summed E-state index contributed by atoms with van der Waals surface area (Å²) in [7, 11) is -1.27. The van der Waals surface area contributed by atoms with Gasteiger partial charge in [0, 0.05) is 27.6 Å². The first-order valence-electron chi connectivity index (χ1n) is 9.73. The van der Waals surface area contributed by atoms with E-state index in [1.165, 1.54) is 0 Å². The normalized spacial score (nSPS) is 12.4. The number of carbonyl (C=O) groups excluding carboxylic acids is 1. The van der Waals surface area contributed by atoms with Gasteiger partial charge in [-0.3, -0.25) is 0 Å². The van der Waals surface area contributed by atoms with E-state index in [4.69, 9.17) is 32.7 Å². The molecule has 30 heavy (non-hydrogen) atoms. The van der Waals surface area contributed by atoms with Gasteiger partial charge in [0.2, 0.25) is 5.28 Å². The highest BCUT2D eigenvalue weighted by Gasteiger charge is 2.23. The van der Waals surface area contributed by atoms with Gasteiger partial charge in [0.05, 0.1) is 11.1 Å². The monoisotopic (exact) mass is 478 g/mol. The lowest BCUT2D eigenvalue weighted by Crippen LogP contribution is -2.33. The van der Waals surface area contributed by atoms with Crippen LogP contribution in [0.3, 0.4) is 0 Å². The fourth-order valence-electron chi connectivity index (χ4n) is 2.69. The molecule has 0 atom stereocenters. The summed E-state index contributed by atoms with van der Waals surface area (Å²) >= 11 is 12.1. The van der Waals surface area contributed by atoms with E-state index >= 15 is 4.39 Å². The minimum Gasteiger partial charge on any atom is -0.444 e. The molecule has 0 unspecified atom stereocenters. The van der Waals surface area contributed by atoms with Crippen molar-refractivity contribution in [3.05, 3.63) is 21.9 Å². The summed E-state index contributed by atoms with van der Waals surface area (Å²) in [6.07, 6.45) is -0.384. The number of aromatic nitrogens is 3. The van der Waals surface area contributed by atoms with E-state index in [0.717, 1.165) is 6.04 Å². The first kappa shape index (κ1) is 24.8. The molecule has 0 saturated heterocycles. The van der Waals surface area contributed by atoms with Crippen molar-refractivity contribution >= 4 is 48.4 Å². The van der Waals surface area contributed by atoms with Gasteiger partial charge in [-0.05, 0) is 38.4 Å². The van der Waals surface area contributed by atoms with Crippen molar-refractivity contribution in [2.75, 3.05) is 13.2 Å². The standard InChI is InChI=1S/C19H29Cl2FN4O3Si/c1-19(2,3)29-18(27)23-8-7-12-14(22)13-15(20)24-17(21)25-16(13)26(12)11-28-9-10-30(4,5)6/h7-11H2,1-6H3,(H,23,27). The van der Waals surface area contributed by atoms with Gasteiger partial charge in [0.1, 0.15) is 17.5 Å². The van der Waals surface area contributed by atoms with Crippen LogP contribution in [0.2, 0.25) is 36.1 Å². The van der Waals surface area contributed by atoms with E-state index in [9.17, 15) is 4.79 Å². The second kappa shape index (κ2) is 9.80. The highest BCUT2D eigenvalue weighted by molar-refractivity contribution is 6.76. The van der Waals surface area contributed by atoms with Gasteiger partial charge >= 0.3 is 6.09 Å². The topological polar surface area (TPSA) is 78.3 Å². The molecule has 0 aliphatic carbocycles. The van der Waals surface area contributed by atoms with Gasteiger partial charge < -0.3 is 19.4 Å². The highest BCUT2D eigenvalue weighted by Crippen LogP contribution is 2.30. The summed E-state index contributed by atoms with van der Waals surface area (Å²) in [5, 5.41) is 2.57. The summed E-state index contributed by atoms with van der Waals surface area (Å²) in [6, 6.07) is 0.973. The van der Waals surface area contributed by atoms with Crippen LogP contribution < -0.4 is 5.32 Å². The third-order valence-electron chi connectivity index (χ3n) is 4.12.